The van der Waals surface area contributed by atoms with Crippen molar-refractivity contribution in [3.05, 3.63) is 87.6 Å². The maximum atomic E-state index is 13.2. The van der Waals surface area contributed by atoms with Gasteiger partial charge in [-0.25, -0.2) is 9.37 Å². The third kappa shape index (κ3) is 5.37. The average Bonchev–Trinajstić information content (AvgIpc) is 3.15. The Morgan fingerprint density at radius 2 is 1.94 bits per heavy atom. The Hall–Kier alpha value is -2.58. The first-order valence-corrected chi connectivity index (χ1v) is 11.8. The maximum Gasteiger partial charge on any atom is 0.268 e. The minimum Gasteiger partial charge on any atom is -0.351 e. The number of hydrogen-bond acceptors (Lipinski definition) is 5. The number of hydrogen-bond donors (Lipinski definition) is 1. The predicted octanol–water partition coefficient (Wildman–Crippen LogP) is 3.88. The smallest absolute Gasteiger partial charge is 0.268 e. The lowest BCUT2D eigenvalue weighted by Crippen LogP contribution is -2.28. The molecule has 1 amide bonds. The molecule has 1 atom stereocenters. The Morgan fingerprint density at radius 3 is 2.68 bits per heavy atom. The van der Waals surface area contributed by atoms with E-state index in [4.69, 9.17) is 4.98 Å². The van der Waals surface area contributed by atoms with Gasteiger partial charge in [-0.2, -0.15) is 0 Å². The van der Waals surface area contributed by atoms with Crippen LogP contribution in [0.15, 0.2) is 69.4 Å². The molecule has 0 spiro atoms. The summed E-state index contributed by atoms with van der Waals surface area (Å²) in [6, 6.07) is 15.8. The van der Waals surface area contributed by atoms with Crippen LogP contribution in [0.1, 0.15) is 23.7 Å². The summed E-state index contributed by atoms with van der Waals surface area (Å²) in [7, 11) is 0. The van der Waals surface area contributed by atoms with Gasteiger partial charge < -0.3 is 5.32 Å². The standard InChI is InChI=1S/C23H22FN3O2S2/c1-15-11-19-21(31-15)22(29)27(13-17-5-3-2-4-6-17)23(26-19)30-14-20(28)25-12-16-7-9-18(24)10-8-16/h2-10,15H,11-14H2,1H3,(H,25,28)/t15-/m0/s1. The van der Waals surface area contributed by atoms with E-state index in [1.165, 1.54) is 23.9 Å². The zero-order chi connectivity index (χ0) is 21.8. The number of nitrogens with one attached hydrogen (secondary N) is 1. The van der Waals surface area contributed by atoms with E-state index in [1.807, 2.05) is 30.3 Å². The molecule has 0 radical (unpaired) electrons. The van der Waals surface area contributed by atoms with E-state index in [1.54, 1.807) is 28.5 Å². The SMILES string of the molecule is C[C@H]1Cc2nc(SCC(=O)NCc3ccc(F)cc3)n(Cc3ccccc3)c(=O)c2S1. The number of carbonyl (C=O) groups excluding carboxylic acids is 1. The van der Waals surface area contributed by atoms with Gasteiger partial charge in [0.15, 0.2) is 5.16 Å². The Bertz CT molecular complexity index is 1130. The molecule has 2 heterocycles. The highest BCUT2D eigenvalue weighted by Crippen LogP contribution is 2.34. The first-order chi connectivity index (χ1) is 15.0. The minimum atomic E-state index is -0.308. The van der Waals surface area contributed by atoms with Crippen molar-refractivity contribution >= 4 is 29.4 Å². The van der Waals surface area contributed by atoms with Gasteiger partial charge in [0.25, 0.3) is 5.56 Å². The molecular formula is C23H22FN3O2S2. The van der Waals surface area contributed by atoms with Crippen LogP contribution in [0.3, 0.4) is 0 Å². The number of nitrogens with zero attached hydrogens (tertiary/aromatic N) is 2. The quantitative estimate of drug-likeness (QED) is 0.433. The summed E-state index contributed by atoms with van der Waals surface area (Å²) in [6.45, 7) is 2.82. The molecule has 1 aliphatic heterocycles. The molecule has 1 aliphatic rings. The van der Waals surface area contributed by atoms with Crippen LogP contribution in [0.4, 0.5) is 4.39 Å². The van der Waals surface area contributed by atoms with Crippen molar-refractivity contribution in [2.75, 3.05) is 5.75 Å². The van der Waals surface area contributed by atoms with Gasteiger partial charge in [0.2, 0.25) is 5.91 Å². The monoisotopic (exact) mass is 455 g/mol. The molecule has 31 heavy (non-hydrogen) atoms. The average molecular weight is 456 g/mol. The van der Waals surface area contributed by atoms with Crippen molar-refractivity contribution < 1.29 is 9.18 Å². The lowest BCUT2D eigenvalue weighted by Gasteiger charge is -2.14. The third-order valence-electron chi connectivity index (χ3n) is 4.88. The highest BCUT2D eigenvalue weighted by molar-refractivity contribution is 8.00. The maximum absolute atomic E-state index is 13.2. The summed E-state index contributed by atoms with van der Waals surface area (Å²) in [5, 5.41) is 3.70. The molecule has 1 N–H and O–H groups in total. The van der Waals surface area contributed by atoms with Gasteiger partial charge in [0.1, 0.15) is 5.82 Å². The van der Waals surface area contributed by atoms with Crippen LogP contribution in [-0.4, -0.2) is 26.5 Å². The minimum absolute atomic E-state index is 0.0441. The number of amides is 1. The molecule has 0 unspecified atom stereocenters. The Labute approximate surface area is 188 Å². The van der Waals surface area contributed by atoms with Gasteiger partial charge in [0.05, 0.1) is 22.9 Å². The number of aromatic nitrogens is 2. The molecule has 8 heteroatoms. The van der Waals surface area contributed by atoms with Crippen LogP contribution in [0, 0.1) is 5.82 Å². The van der Waals surface area contributed by atoms with Crippen LogP contribution < -0.4 is 10.9 Å². The van der Waals surface area contributed by atoms with E-state index in [0.717, 1.165) is 23.2 Å². The summed E-state index contributed by atoms with van der Waals surface area (Å²) in [4.78, 5) is 31.0. The zero-order valence-electron chi connectivity index (χ0n) is 17.0. The topological polar surface area (TPSA) is 64.0 Å². The van der Waals surface area contributed by atoms with E-state index in [-0.39, 0.29) is 23.0 Å². The number of fused-ring (bicyclic) bond motifs is 1. The summed E-state index contributed by atoms with van der Waals surface area (Å²) >= 11 is 2.84. The third-order valence-corrected chi connectivity index (χ3v) is 7.07. The van der Waals surface area contributed by atoms with Crippen LogP contribution in [0.25, 0.3) is 0 Å². The fourth-order valence-corrected chi connectivity index (χ4v) is 5.29. The van der Waals surface area contributed by atoms with Gasteiger partial charge >= 0.3 is 0 Å². The van der Waals surface area contributed by atoms with Crippen molar-refractivity contribution in [1.29, 1.82) is 0 Å². The van der Waals surface area contributed by atoms with E-state index < -0.39 is 0 Å². The molecule has 0 bridgehead atoms. The number of benzene rings is 2. The van der Waals surface area contributed by atoms with Crippen molar-refractivity contribution in [3.63, 3.8) is 0 Å². The van der Waals surface area contributed by atoms with Crippen LogP contribution in [0.5, 0.6) is 0 Å². The van der Waals surface area contributed by atoms with Gasteiger partial charge in [0, 0.05) is 18.2 Å². The molecule has 160 valence electrons. The molecule has 4 rings (SSSR count). The van der Waals surface area contributed by atoms with Crippen LogP contribution >= 0.6 is 23.5 Å². The molecule has 0 aliphatic carbocycles. The normalized spacial score (nSPS) is 15.0. The van der Waals surface area contributed by atoms with E-state index >= 15 is 0 Å². The molecule has 2 aromatic carbocycles. The first kappa shape index (κ1) is 21.6. The zero-order valence-corrected chi connectivity index (χ0v) is 18.6. The van der Waals surface area contributed by atoms with Crippen molar-refractivity contribution in [1.82, 2.24) is 14.9 Å². The second kappa shape index (κ2) is 9.70. The molecule has 3 aromatic rings. The lowest BCUT2D eigenvalue weighted by atomic mass is 10.2. The Morgan fingerprint density at radius 1 is 1.19 bits per heavy atom. The van der Waals surface area contributed by atoms with Crippen LogP contribution in [-0.2, 0) is 24.3 Å². The number of rotatable bonds is 7. The highest BCUT2D eigenvalue weighted by atomic mass is 32.2. The highest BCUT2D eigenvalue weighted by Gasteiger charge is 2.26. The second-order valence-electron chi connectivity index (χ2n) is 7.37. The Balaban J connectivity index is 1.49. The van der Waals surface area contributed by atoms with Gasteiger partial charge in [-0.15, -0.1) is 11.8 Å². The molecular weight excluding hydrogens is 433 g/mol. The fraction of sp³-hybridized carbons (Fsp3) is 0.261. The molecule has 5 nitrogen and oxygen atoms in total. The van der Waals surface area contributed by atoms with Crippen molar-refractivity contribution in [2.24, 2.45) is 0 Å². The summed E-state index contributed by atoms with van der Waals surface area (Å²) < 4.78 is 14.7. The fourth-order valence-electron chi connectivity index (χ4n) is 3.33. The summed E-state index contributed by atoms with van der Waals surface area (Å²) in [6.07, 6.45) is 0.756. The van der Waals surface area contributed by atoms with E-state index in [2.05, 4.69) is 12.2 Å². The molecule has 1 aromatic heterocycles. The summed E-state index contributed by atoms with van der Waals surface area (Å²) in [5.74, 6) is -0.334. The predicted molar refractivity (Wildman–Crippen MR) is 122 cm³/mol. The van der Waals surface area contributed by atoms with Gasteiger partial charge in [-0.1, -0.05) is 61.2 Å². The van der Waals surface area contributed by atoms with Crippen molar-refractivity contribution in [2.45, 2.75) is 41.7 Å². The second-order valence-corrected chi connectivity index (χ2v) is 9.76. The van der Waals surface area contributed by atoms with E-state index in [0.29, 0.717) is 28.4 Å². The number of thioether (sulfide) groups is 2. The lowest BCUT2D eigenvalue weighted by molar-refractivity contribution is -0.118. The van der Waals surface area contributed by atoms with E-state index in [9.17, 15) is 14.0 Å². The molecule has 0 saturated heterocycles. The largest absolute Gasteiger partial charge is 0.351 e. The Kier molecular flexibility index (Phi) is 6.77. The van der Waals surface area contributed by atoms with Gasteiger partial charge in [-0.05, 0) is 23.3 Å². The number of carbonyl (C=O) groups is 1. The molecule has 0 saturated carbocycles. The van der Waals surface area contributed by atoms with Crippen molar-refractivity contribution in [3.8, 4) is 0 Å². The summed E-state index contributed by atoms with van der Waals surface area (Å²) in [5.41, 5.74) is 2.60. The van der Waals surface area contributed by atoms with Crippen LogP contribution in [0.2, 0.25) is 0 Å². The van der Waals surface area contributed by atoms with Gasteiger partial charge in [-0.3, -0.25) is 14.2 Å². The number of halogens is 1. The first-order valence-electron chi connectivity index (χ1n) is 9.98. The molecule has 0 fully saturated rings.